The van der Waals surface area contributed by atoms with Crippen LogP contribution in [0, 0.1) is 5.82 Å². The van der Waals surface area contributed by atoms with Crippen molar-refractivity contribution in [3.05, 3.63) is 48.7 Å². The molecule has 14 nitrogen and oxygen atoms in total. The summed E-state index contributed by atoms with van der Waals surface area (Å²) < 4.78 is 40.3. The summed E-state index contributed by atoms with van der Waals surface area (Å²) in [4.78, 5) is 22.6. The van der Waals surface area contributed by atoms with Gasteiger partial charge in [-0.25, -0.2) is 23.8 Å². The van der Waals surface area contributed by atoms with Crippen LogP contribution >= 0.6 is 0 Å². The molecule has 1 amide bonds. The van der Waals surface area contributed by atoms with Gasteiger partial charge in [0.25, 0.3) is 5.88 Å². The third-order valence-electron chi connectivity index (χ3n) is 8.39. The number of rotatable bonds is 11. The van der Waals surface area contributed by atoms with Crippen LogP contribution in [0.15, 0.2) is 42.9 Å². The van der Waals surface area contributed by atoms with Crippen molar-refractivity contribution in [2.45, 2.75) is 103 Å². The average Bonchev–Trinajstić information content (AvgIpc) is 3.71. The molecule has 5 rings (SSSR count). The van der Waals surface area contributed by atoms with E-state index in [1.54, 1.807) is 50.0 Å². The van der Waals surface area contributed by atoms with Gasteiger partial charge in [-0.15, -0.1) is 10.2 Å². The molecule has 0 spiro atoms. The van der Waals surface area contributed by atoms with Crippen molar-refractivity contribution in [2.75, 3.05) is 13.2 Å². The van der Waals surface area contributed by atoms with E-state index in [2.05, 4.69) is 69.7 Å². The molecule has 1 unspecified atom stereocenters. The Morgan fingerprint density at radius 2 is 1.92 bits per heavy atom. The van der Waals surface area contributed by atoms with Crippen molar-refractivity contribution in [3.8, 4) is 34.4 Å². The van der Waals surface area contributed by atoms with Crippen molar-refractivity contribution in [1.29, 1.82) is 0 Å². The molecule has 4 aromatic rings. The molecule has 1 fully saturated rings. The molecule has 0 saturated carbocycles. The van der Waals surface area contributed by atoms with Gasteiger partial charge < -0.3 is 24.0 Å². The van der Waals surface area contributed by atoms with Crippen molar-refractivity contribution in [1.82, 2.24) is 45.3 Å². The molecule has 5 heterocycles. The van der Waals surface area contributed by atoms with E-state index in [0.29, 0.717) is 23.6 Å². The maximum atomic E-state index is 15.2. The first-order valence-corrected chi connectivity index (χ1v) is 19.4. The van der Waals surface area contributed by atoms with Gasteiger partial charge in [0.05, 0.1) is 31.1 Å². The first-order chi connectivity index (χ1) is 23.1. The minimum absolute atomic E-state index is 0.0103. The van der Waals surface area contributed by atoms with Crippen molar-refractivity contribution < 1.29 is 27.8 Å². The highest BCUT2D eigenvalue weighted by molar-refractivity contribution is 6.74. The van der Waals surface area contributed by atoms with Crippen molar-refractivity contribution in [3.63, 3.8) is 0 Å². The Morgan fingerprint density at radius 3 is 2.57 bits per heavy atom. The van der Waals surface area contributed by atoms with Gasteiger partial charge in [-0.1, -0.05) is 20.8 Å². The van der Waals surface area contributed by atoms with E-state index < -0.39 is 31.9 Å². The van der Waals surface area contributed by atoms with E-state index in [4.69, 9.17) is 18.6 Å². The summed E-state index contributed by atoms with van der Waals surface area (Å²) in [5, 5.41) is 20.0. The molecule has 0 radical (unpaired) electrons. The van der Waals surface area contributed by atoms with Crippen LogP contribution in [0.2, 0.25) is 18.1 Å². The number of aromatic nitrogens is 8. The Kier molecular flexibility index (Phi) is 10.8. The molecule has 4 aromatic heterocycles. The highest BCUT2D eigenvalue weighted by Gasteiger charge is 2.38. The number of halogens is 1. The zero-order valence-corrected chi connectivity index (χ0v) is 30.4. The quantitative estimate of drug-likeness (QED) is 0.170. The van der Waals surface area contributed by atoms with Crippen LogP contribution in [0.3, 0.4) is 0 Å². The minimum atomic E-state index is -2.11. The lowest BCUT2D eigenvalue weighted by Crippen LogP contribution is -2.48. The topological polar surface area (TPSA) is 153 Å². The summed E-state index contributed by atoms with van der Waals surface area (Å²) in [6.07, 6.45) is 6.81. The third-order valence-corrected chi connectivity index (χ3v) is 12.9. The fourth-order valence-electron chi connectivity index (χ4n) is 4.77. The monoisotopic (exact) mass is 695 g/mol. The normalized spacial score (nSPS) is 16.3. The molecule has 0 aliphatic carbocycles. The van der Waals surface area contributed by atoms with Gasteiger partial charge >= 0.3 is 6.09 Å². The number of ether oxygens (including phenoxy) is 3. The van der Waals surface area contributed by atoms with Crippen LogP contribution < -0.4 is 10.1 Å². The molecule has 264 valence electrons. The maximum Gasteiger partial charge on any atom is 0.408 e. The molecule has 1 saturated heterocycles. The minimum Gasteiger partial charge on any atom is -0.444 e. The molecule has 2 atom stereocenters. The van der Waals surface area contributed by atoms with Gasteiger partial charge in [0.15, 0.2) is 20.4 Å². The highest BCUT2D eigenvalue weighted by Crippen LogP contribution is 2.36. The Labute approximate surface area is 286 Å². The molecule has 1 aliphatic rings. The van der Waals surface area contributed by atoms with E-state index in [9.17, 15) is 4.79 Å². The van der Waals surface area contributed by atoms with E-state index in [-0.39, 0.29) is 41.9 Å². The van der Waals surface area contributed by atoms with Crippen LogP contribution in [-0.2, 0) is 20.4 Å². The second kappa shape index (κ2) is 14.7. The molecular weight excluding hydrogens is 650 g/mol. The van der Waals surface area contributed by atoms with E-state index >= 15 is 4.39 Å². The molecule has 16 heteroatoms. The highest BCUT2D eigenvalue weighted by atomic mass is 28.4. The predicted octanol–water partition coefficient (Wildman–Crippen LogP) is 6.54. The van der Waals surface area contributed by atoms with E-state index in [1.807, 2.05) is 6.07 Å². The average molecular weight is 696 g/mol. The zero-order valence-electron chi connectivity index (χ0n) is 29.4. The number of carbonyl (C=O) groups is 1. The fourth-order valence-corrected chi connectivity index (χ4v) is 5.82. The van der Waals surface area contributed by atoms with Crippen LogP contribution in [0.25, 0.3) is 22.8 Å². The van der Waals surface area contributed by atoms with Gasteiger partial charge in [-0.2, -0.15) is 9.90 Å². The van der Waals surface area contributed by atoms with Crippen LogP contribution in [0.4, 0.5) is 9.18 Å². The van der Waals surface area contributed by atoms with Gasteiger partial charge in [-0.3, -0.25) is 0 Å². The van der Waals surface area contributed by atoms with Gasteiger partial charge in [0.1, 0.15) is 17.0 Å². The Hall–Kier alpha value is -4.28. The van der Waals surface area contributed by atoms with Crippen LogP contribution in [-0.4, -0.2) is 79.2 Å². The van der Waals surface area contributed by atoms with Gasteiger partial charge in [0.2, 0.25) is 5.82 Å². The summed E-state index contributed by atoms with van der Waals surface area (Å²) in [5.74, 6) is -0.276. The SMILES string of the molecule is CC(C)(C)OC(=O)N[C@H](CO[Si](C)(C)C(C)(C)C)Cn1nnc(-c2ccc(Oc3ncc(-c4ccnn4C4CCCCO4)cc3F)cn2)n1. The zero-order chi connectivity index (χ0) is 35.4. The summed E-state index contributed by atoms with van der Waals surface area (Å²) in [5.41, 5.74) is 1.05. The van der Waals surface area contributed by atoms with Gasteiger partial charge in [-0.05, 0) is 87.6 Å². The maximum absolute atomic E-state index is 15.2. The number of pyridine rings is 2. The fraction of sp³-hybridized carbons (Fsp3) is 0.545. The lowest BCUT2D eigenvalue weighted by atomic mass is 10.1. The molecule has 0 bridgehead atoms. The van der Waals surface area contributed by atoms with Crippen LogP contribution in [0.1, 0.15) is 67.0 Å². The Bertz CT molecular complexity index is 1710. The molecule has 1 aliphatic heterocycles. The predicted molar refractivity (Wildman–Crippen MR) is 182 cm³/mol. The Balaban J connectivity index is 1.24. The van der Waals surface area contributed by atoms with Crippen molar-refractivity contribution in [2.24, 2.45) is 0 Å². The van der Waals surface area contributed by atoms with E-state index in [0.717, 1.165) is 19.3 Å². The first-order valence-electron chi connectivity index (χ1n) is 16.4. The largest absolute Gasteiger partial charge is 0.444 e. The van der Waals surface area contributed by atoms with Crippen molar-refractivity contribution >= 4 is 14.4 Å². The number of hydrogen-bond donors (Lipinski definition) is 1. The summed E-state index contributed by atoms with van der Waals surface area (Å²) in [6.45, 7) is 17.3. The standard InChI is InChI=1S/C33H46FN9O5Si/c1-32(2,3)48-31(44)38-23(21-46-49(7,8)33(4,5)6)20-42-40-29(39-41-42)26-13-12-24(19-35-26)47-30-25(34)17-22(18-36-30)27-14-15-37-43(27)28-11-9-10-16-45-28/h12-15,17-19,23,28H,9-11,16,20-21H2,1-8H3,(H,38,44)/t23-,28?/m0/s1. The van der Waals surface area contributed by atoms with E-state index in [1.165, 1.54) is 17.1 Å². The Morgan fingerprint density at radius 1 is 1.12 bits per heavy atom. The van der Waals surface area contributed by atoms with Gasteiger partial charge in [0, 0.05) is 24.6 Å². The summed E-state index contributed by atoms with van der Waals surface area (Å²) in [7, 11) is -2.11. The molecule has 0 aromatic carbocycles. The molecule has 49 heavy (non-hydrogen) atoms. The number of nitrogens with one attached hydrogen (secondary N) is 1. The summed E-state index contributed by atoms with van der Waals surface area (Å²) in [6, 6.07) is 5.95. The number of alkyl carbamates (subject to hydrolysis) is 1. The van der Waals surface area contributed by atoms with Crippen LogP contribution in [0.5, 0.6) is 11.6 Å². The lowest BCUT2D eigenvalue weighted by Gasteiger charge is -2.37. The number of amides is 1. The second-order valence-corrected chi connectivity index (χ2v) is 19.4. The third kappa shape index (κ3) is 9.45. The number of hydrogen-bond acceptors (Lipinski definition) is 11. The first kappa shape index (κ1) is 36.0. The molecular formula is C33H46FN9O5Si. The second-order valence-electron chi connectivity index (χ2n) is 14.6. The number of nitrogens with zero attached hydrogens (tertiary/aromatic N) is 8. The number of carbonyl (C=O) groups excluding carboxylic acids is 1. The lowest BCUT2D eigenvalue weighted by molar-refractivity contribution is -0.0383. The summed E-state index contributed by atoms with van der Waals surface area (Å²) >= 11 is 0. The molecule has 1 N–H and O–H groups in total. The smallest absolute Gasteiger partial charge is 0.408 e. The number of tetrazole rings is 1.